The van der Waals surface area contributed by atoms with E-state index in [1.807, 2.05) is 57.2 Å². The molecule has 7 heteroatoms. The van der Waals surface area contributed by atoms with Crippen LogP contribution in [0.1, 0.15) is 43.9 Å². The van der Waals surface area contributed by atoms with Gasteiger partial charge in [-0.25, -0.2) is 14.4 Å². The van der Waals surface area contributed by atoms with Gasteiger partial charge in [-0.05, 0) is 68.2 Å². The minimum Gasteiger partial charge on any atom is -0.400 e. The Labute approximate surface area is 218 Å². The van der Waals surface area contributed by atoms with Crippen LogP contribution in [-0.2, 0) is 0 Å². The van der Waals surface area contributed by atoms with Gasteiger partial charge in [-0.2, -0.15) is 5.26 Å². The molecule has 0 saturated heterocycles. The molecule has 0 radical (unpaired) electrons. The zero-order chi connectivity index (χ0) is 26.8. The van der Waals surface area contributed by atoms with Crippen molar-refractivity contribution in [3.8, 4) is 6.07 Å². The van der Waals surface area contributed by atoms with Gasteiger partial charge in [0.25, 0.3) is 0 Å². The molecule has 2 unspecified atom stereocenters. The van der Waals surface area contributed by atoms with Crippen molar-refractivity contribution >= 4 is 22.4 Å². The summed E-state index contributed by atoms with van der Waals surface area (Å²) in [6, 6.07) is 12.0. The molecule has 0 saturated carbocycles. The van der Waals surface area contributed by atoms with Gasteiger partial charge < -0.3 is 16.4 Å². The van der Waals surface area contributed by atoms with E-state index >= 15 is 0 Å². The van der Waals surface area contributed by atoms with E-state index in [1.54, 1.807) is 18.2 Å². The highest BCUT2D eigenvalue weighted by molar-refractivity contribution is 5.94. The fourth-order valence-electron chi connectivity index (χ4n) is 4.20. The number of aryl methyl sites for hydroxylation is 1. The van der Waals surface area contributed by atoms with Crippen molar-refractivity contribution in [2.24, 2.45) is 5.73 Å². The summed E-state index contributed by atoms with van der Waals surface area (Å²) in [5, 5.41) is 17.1. The summed E-state index contributed by atoms with van der Waals surface area (Å²) in [7, 11) is 0. The zero-order valence-electron chi connectivity index (χ0n) is 21.5. The number of nitrogens with two attached hydrogens (primary N) is 1. The predicted molar refractivity (Wildman–Crippen MR) is 150 cm³/mol. The van der Waals surface area contributed by atoms with Crippen molar-refractivity contribution in [3.63, 3.8) is 0 Å². The normalized spacial score (nSPS) is 13.8. The molecule has 3 rings (SSSR count). The van der Waals surface area contributed by atoms with E-state index in [9.17, 15) is 9.65 Å². The summed E-state index contributed by atoms with van der Waals surface area (Å²) in [5.74, 6) is 0.362. The fourth-order valence-corrected chi connectivity index (χ4v) is 4.20. The number of hydrogen-bond donors (Lipinski definition) is 3. The Balaban J connectivity index is 2.06. The maximum absolute atomic E-state index is 13.5. The topological polar surface area (TPSA) is 99.6 Å². The minimum absolute atomic E-state index is 0.144. The number of anilines is 2. The number of nitrogens with zero attached hydrogens (tertiary/aromatic N) is 3. The Morgan fingerprint density at radius 2 is 1.95 bits per heavy atom. The number of halogens is 1. The standard InChI is InChI=1S/C30H33FN6/c1-5-9-21(10-6-2)27(11-8-16-32)37-30-25-18-24(17-20(4)28(25)34-19-35-30)36-29(26(33)7-3)22-12-14-23(31)15-13-22/h5-7,9-10,12-15,17-19,27,29,36H,1,8,11,33H2,2-4H3,(H,34,35,37)/b10-6-,21-9+,26-7-. The van der Waals surface area contributed by atoms with Gasteiger partial charge in [-0.3, -0.25) is 0 Å². The summed E-state index contributed by atoms with van der Waals surface area (Å²) in [6.07, 6.45) is 12.0. The van der Waals surface area contributed by atoms with Crippen LogP contribution in [-0.4, -0.2) is 16.0 Å². The van der Waals surface area contributed by atoms with Crippen molar-refractivity contribution in [3.05, 3.63) is 108 Å². The molecule has 1 heterocycles. The second-order valence-electron chi connectivity index (χ2n) is 8.63. The van der Waals surface area contributed by atoms with Gasteiger partial charge in [0.05, 0.1) is 23.7 Å². The number of nitriles is 1. The first-order valence-electron chi connectivity index (χ1n) is 12.2. The largest absolute Gasteiger partial charge is 0.400 e. The number of aromatic nitrogens is 2. The monoisotopic (exact) mass is 496 g/mol. The molecule has 0 spiro atoms. The van der Waals surface area contributed by atoms with Crippen molar-refractivity contribution < 1.29 is 4.39 Å². The maximum atomic E-state index is 13.5. The molecule has 37 heavy (non-hydrogen) atoms. The molecule has 0 aliphatic heterocycles. The van der Waals surface area contributed by atoms with E-state index in [0.717, 1.165) is 33.3 Å². The molecule has 2 atom stereocenters. The van der Waals surface area contributed by atoms with Crippen molar-refractivity contribution in [1.29, 1.82) is 5.26 Å². The van der Waals surface area contributed by atoms with Crippen molar-refractivity contribution in [2.45, 2.75) is 45.7 Å². The second-order valence-corrected chi connectivity index (χ2v) is 8.63. The van der Waals surface area contributed by atoms with Crippen LogP contribution in [0.15, 0.2) is 91.0 Å². The molecule has 6 nitrogen and oxygen atoms in total. The van der Waals surface area contributed by atoms with Crippen LogP contribution in [0.5, 0.6) is 0 Å². The highest BCUT2D eigenvalue weighted by Gasteiger charge is 2.18. The Kier molecular flexibility index (Phi) is 9.56. The lowest BCUT2D eigenvalue weighted by atomic mass is 10.00. The molecule has 0 amide bonds. The second kappa shape index (κ2) is 13.0. The van der Waals surface area contributed by atoms with Crippen LogP contribution in [0.3, 0.4) is 0 Å². The van der Waals surface area contributed by atoms with Crippen LogP contribution >= 0.6 is 0 Å². The van der Waals surface area contributed by atoms with Crippen LogP contribution in [0.4, 0.5) is 15.9 Å². The highest BCUT2D eigenvalue weighted by Crippen LogP contribution is 2.31. The lowest BCUT2D eigenvalue weighted by molar-refractivity contribution is 0.626. The number of rotatable bonds is 11. The summed E-state index contributed by atoms with van der Waals surface area (Å²) < 4.78 is 13.5. The molecular weight excluding hydrogens is 463 g/mol. The summed E-state index contributed by atoms with van der Waals surface area (Å²) in [5.41, 5.74) is 11.4. The van der Waals surface area contributed by atoms with Crippen molar-refractivity contribution in [2.75, 3.05) is 10.6 Å². The van der Waals surface area contributed by atoms with E-state index in [4.69, 9.17) is 5.73 Å². The highest BCUT2D eigenvalue weighted by atomic mass is 19.1. The molecule has 0 aliphatic rings. The van der Waals surface area contributed by atoms with Gasteiger partial charge in [0, 0.05) is 23.2 Å². The van der Waals surface area contributed by atoms with E-state index in [2.05, 4.69) is 33.2 Å². The molecule has 4 N–H and O–H groups in total. The predicted octanol–water partition coefficient (Wildman–Crippen LogP) is 6.87. The van der Waals surface area contributed by atoms with Crippen LogP contribution in [0.25, 0.3) is 10.9 Å². The molecule has 0 bridgehead atoms. The Hall–Kier alpha value is -4.44. The maximum Gasteiger partial charge on any atom is 0.137 e. The van der Waals surface area contributed by atoms with E-state index < -0.39 is 0 Å². The average Bonchev–Trinajstić information content (AvgIpc) is 2.90. The third-order valence-electron chi connectivity index (χ3n) is 6.04. The average molecular weight is 497 g/mol. The minimum atomic E-state index is -0.344. The molecule has 1 aromatic heterocycles. The molecule has 3 aromatic rings. The number of allylic oxidation sites excluding steroid dienone is 4. The molecular formula is C30H33FN6. The first-order chi connectivity index (χ1) is 17.9. The summed E-state index contributed by atoms with van der Waals surface area (Å²) in [6.45, 7) is 9.65. The first-order valence-corrected chi connectivity index (χ1v) is 12.2. The quantitative estimate of drug-likeness (QED) is 0.251. The van der Waals surface area contributed by atoms with Gasteiger partial charge in [0.1, 0.15) is 18.0 Å². The number of hydrogen-bond acceptors (Lipinski definition) is 6. The summed E-state index contributed by atoms with van der Waals surface area (Å²) >= 11 is 0. The van der Waals surface area contributed by atoms with Crippen LogP contribution < -0.4 is 16.4 Å². The molecule has 2 aromatic carbocycles. The van der Waals surface area contributed by atoms with Gasteiger partial charge in [0.15, 0.2) is 0 Å². The van der Waals surface area contributed by atoms with Gasteiger partial charge >= 0.3 is 0 Å². The molecule has 0 fully saturated rings. The van der Waals surface area contributed by atoms with Gasteiger partial charge in [-0.15, -0.1) is 0 Å². The first kappa shape index (κ1) is 27.2. The smallest absolute Gasteiger partial charge is 0.137 e. The third-order valence-corrected chi connectivity index (χ3v) is 6.04. The number of nitrogens with one attached hydrogen (secondary N) is 2. The van der Waals surface area contributed by atoms with E-state index in [-0.39, 0.29) is 17.9 Å². The van der Waals surface area contributed by atoms with Crippen LogP contribution in [0.2, 0.25) is 0 Å². The number of fused-ring (bicyclic) bond motifs is 1. The lowest BCUT2D eigenvalue weighted by Gasteiger charge is -2.23. The number of benzene rings is 2. The fraction of sp³-hybridized carbons (Fsp3) is 0.233. The SMILES string of the molecule is C=C/C=C(\C=C/C)C(CCC#N)Nc1ncnc2c(C)cc(NC(/C(N)=C/C)c3ccc(F)cc3)cc12. The lowest BCUT2D eigenvalue weighted by Crippen LogP contribution is -2.22. The Morgan fingerprint density at radius 3 is 2.59 bits per heavy atom. The Bertz CT molecular complexity index is 1370. The molecule has 190 valence electrons. The van der Waals surface area contributed by atoms with Crippen LogP contribution in [0, 0.1) is 24.1 Å². The van der Waals surface area contributed by atoms with Gasteiger partial charge in [0.2, 0.25) is 0 Å². The zero-order valence-corrected chi connectivity index (χ0v) is 21.5. The Morgan fingerprint density at radius 1 is 1.19 bits per heavy atom. The summed E-state index contributed by atoms with van der Waals surface area (Å²) in [4.78, 5) is 9.06. The third kappa shape index (κ3) is 6.83. The van der Waals surface area contributed by atoms with Gasteiger partial charge in [-0.1, -0.05) is 49.1 Å². The molecule has 0 aliphatic carbocycles. The van der Waals surface area contributed by atoms with E-state index in [1.165, 1.54) is 18.5 Å². The van der Waals surface area contributed by atoms with Crippen molar-refractivity contribution in [1.82, 2.24) is 9.97 Å². The van der Waals surface area contributed by atoms with E-state index in [0.29, 0.717) is 24.4 Å².